The van der Waals surface area contributed by atoms with Crippen LogP contribution in [0.25, 0.3) is 0 Å². The summed E-state index contributed by atoms with van der Waals surface area (Å²) >= 11 is 0. The number of nitrogens with two attached hydrogens (primary N) is 1. The van der Waals surface area contributed by atoms with Crippen LogP contribution in [0.3, 0.4) is 0 Å². The van der Waals surface area contributed by atoms with Gasteiger partial charge < -0.3 is 15.9 Å². The lowest BCUT2D eigenvalue weighted by Crippen LogP contribution is -2.42. The summed E-state index contributed by atoms with van der Waals surface area (Å²) in [4.78, 5) is 21.6. The van der Waals surface area contributed by atoms with Gasteiger partial charge in [-0.05, 0) is 18.4 Å². The standard InChI is InChI=1S/C12H15NO4/c13-10(12(16)17)9(11(14)15)7-6-8-4-2-1-3-5-8/h1-5,9-10H,6-7,13H2,(H,14,15)(H,16,17)/t9-,10-/m0/s1. The molecule has 0 bridgehead atoms. The molecular weight excluding hydrogens is 222 g/mol. The van der Waals surface area contributed by atoms with Gasteiger partial charge in [0.25, 0.3) is 0 Å². The van der Waals surface area contributed by atoms with Gasteiger partial charge in [-0.25, -0.2) is 0 Å². The zero-order valence-electron chi connectivity index (χ0n) is 9.24. The molecule has 17 heavy (non-hydrogen) atoms. The van der Waals surface area contributed by atoms with Crippen LogP contribution in [0.2, 0.25) is 0 Å². The lowest BCUT2D eigenvalue weighted by Gasteiger charge is -2.16. The third-order valence-corrected chi connectivity index (χ3v) is 2.62. The molecule has 1 aromatic rings. The molecule has 4 N–H and O–H groups in total. The van der Waals surface area contributed by atoms with E-state index in [-0.39, 0.29) is 6.42 Å². The zero-order valence-corrected chi connectivity index (χ0v) is 9.24. The molecule has 2 atom stereocenters. The maximum atomic E-state index is 10.9. The number of hydrogen-bond acceptors (Lipinski definition) is 3. The van der Waals surface area contributed by atoms with Gasteiger partial charge in [0, 0.05) is 0 Å². The van der Waals surface area contributed by atoms with Gasteiger partial charge in [-0.15, -0.1) is 0 Å². The molecule has 92 valence electrons. The van der Waals surface area contributed by atoms with Crippen molar-refractivity contribution in [3.05, 3.63) is 35.9 Å². The van der Waals surface area contributed by atoms with Gasteiger partial charge in [0.05, 0.1) is 5.92 Å². The lowest BCUT2D eigenvalue weighted by molar-refractivity contribution is -0.150. The van der Waals surface area contributed by atoms with Crippen LogP contribution in [-0.2, 0) is 16.0 Å². The van der Waals surface area contributed by atoms with Gasteiger partial charge in [0.15, 0.2) is 0 Å². The molecule has 0 aliphatic rings. The summed E-state index contributed by atoms with van der Waals surface area (Å²) in [6.07, 6.45) is 0.714. The Hall–Kier alpha value is -1.88. The largest absolute Gasteiger partial charge is 0.481 e. The Kier molecular flexibility index (Phi) is 4.66. The molecule has 0 aliphatic carbocycles. The smallest absolute Gasteiger partial charge is 0.321 e. The van der Waals surface area contributed by atoms with E-state index in [1.165, 1.54) is 0 Å². The second-order valence-electron chi connectivity index (χ2n) is 3.83. The van der Waals surface area contributed by atoms with E-state index in [0.29, 0.717) is 6.42 Å². The number of aryl methyl sites for hydroxylation is 1. The Labute approximate surface area is 98.9 Å². The highest BCUT2D eigenvalue weighted by Gasteiger charge is 2.29. The number of carboxylic acids is 2. The second-order valence-corrected chi connectivity index (χ2v) is 3.83. The summed E-state index contributed by atoms with van der Waals surface area (Å²) in [5.41, 5.74) is 6.31. The highest BCUT2D eigenvalue weighted by atomic mass is 16.4. The number of carbonyl (C=O) groups is 2. The normalized spacial score (nSPS) is 13.9. The molecule has 5 heteroatoms. The van der Waals surface area contributed by atoms with Crippen molar-refractivity contribution in [1.82, 2.24) is 0 Å². The van der Waals surface area contributed by atoms with E-state index in [0.717, 1.165) is 5.56 Å². The summed E-state index contributed by atoms with van der Waals surface area (Å²) in [5, 5.41) is 17.6. The van der Waals surface area contributed by atoms with Crippen molar-refractivity contribution in [2.45, 2.75) is 18.9 Å². The van der Waals surface area contributed by atoms with Crippen molar-refractivity contribution in [1.29, 1.82) is 0 Å². The van der Waals surface area contributed by atoms with Crippen molar-refractivity contribution >= 4 is 11.9 Å². The summed E-state index contributed by atoms with van der Waals surface area (Å²) in [6.45, 7) is 0. The highest BCUT2D eigenvalue weighted by Crippen LogP contribution is 2.13. The molecule has 0 spiro atoms. The first-order chi connectivity index (χ1) is 8.02. The topological polar surface area (TPSA) is 101 Å². The minimum atomic E-state index is -1.36. The van der Waals surface area contributed by atoms with Crippen LogP contribution >= 0.6 is 0 Å². The van der Waals surface area contributed by atoms with Crippen LogP contribution in [0.4, 0.5) is 0 Å². The Bertz CT molecular complexity index is 391. The van der Waals surface area contributed by atoms with E-state index in [2.05, 4.69) is 0 Å². The minimum Gasteiger partial charge on any atom is -0.481 e. The molecule has 0 saturated carbocycles. The van der Waals surface area contributed by atoms with Crippen LogP contribution in [0.1, 0.15) is 12.0 Å². The summed E-state index contributed by atoms with van der Waals surface area (Å²) < 4.78 is 0. The fourth-order valence-electron chi connectivity index (χ4n) is 1.60. The number of rotatable bonds is 6. The van der Waals surface area contributed by atoms with E-state index in [1.807, 2.05) is 30.3 Å². The first kappa shape index (κ1) is 13.2. The first-order valence-corrected chi connectivity index (χ1v) is 5.27. The Morgan fingerprint density at radius 3 is 2.18 bits per heavy atom. The molecule has 0 saturated heterocycles. The van der Waals surface area contributed by atoms with Crippen molar-refractivity contribution in [3.8, 4) is 0 Å². The van der Waals surface area contributed by atoms with Crippen molar-refractivity contribution in [2.24, 2.45) is 11.7 Å². The minimum absolute atomic E-state index is 0.215. The fraction of sp³-hybridized carbons (Fsp3) is 0.333. The number of benzene rings is 1. The average molecular weight is 237 g/mol. The average Bonchev–Trinajstić information content (AvgIpc) is 2.29. The predicted octanol–water partition coefficient (Wildman–Crippen LogP) is 0.732. The molecule has 0 radical (unpaired) electrons. The van der Waals surface area contributed by atoms with Gasteiger partial charge in [0.1, 0.15) is 6.04 Å². The Morgan fingerprint density at radius 2 is 1.71 bits per heavy atom. The van der Waals surface area contributed by atoms with Gasteiger partial charge in [0.2, 0.25) is 0 Å². The summed E-state index contributed by atoms with van der Waals surface area (Å²) in [7, 11) is 0. The molecule has 0 amide bonds. The van der Waals surface area contributed by atoms with Crippen molar-refractivity contribution in [2.75, 3.05) is 0 Å². The third-order valence-electron chi connectivity index (χ3n) is 2.62. The van der Waals surface area contributed by atoms with Crippen LogP contribution < -0.4 is 5.73 Å². The Balaban J connectivity index is 2.63. The van der Waals surface area contributed by atoms with Crippen molar-refractivity contribution in [3.63, 3.8) is 0 Å². The van der Waals surface area contributed by atoms with Gasteiger partial charge >= 0.3 is 11.9 Å². The van der Waals surface area contributed by atoms with Gasteiger partial charge in [-0.3, -0.25) is 9.59 Å². The van der Waals surface area contributed by atoms with Crippen LogP contribution in [0.15, 0.2) is 30.3 Å². The Morgan fingerprint density at radius 1 is 1.12 bits per heavy atom. The molecule has 0 fully saturated rings. The molecule has 1 rings (SSSR count). The number of aliphatic carboxylic acids is 2. The summed E-state index contributed by atoms with van der Waals surface area (Å²) in [6, 6.07) is 7.93. The molecule has 1 aromatic carbocycles. The van der Waals surface area contributed by atoms with Crippen molar-refractivity contribution < 1.29 is 19.8 Å². The number of carboxylic acid groups (broad SMARTS) is 2. The van der Waals surface area contributed by atoms with Gasteiger partial charge in [-0.1, -0.05) is 30.3 Å². The fourth-order valence-corrected chi connectivity index (χ4v) is 1.60. The monoisotopic (exact) mass is 237 g/mol. The van der Waals surface area contributed by atoms with E-state index >= 15 is 0 Å². The highest BCUT2D eigenvalue weighted by molar-refractivity contribution is 5.82. The molecule has 0 aromatic heterocycles. The third kappa shape index (κ3) is 3.88. The van der Waals surface area contributed by atoms with E-state index in [1.54, 1.807) is 0 Å². The first-order valence-electron chi connectivity index (χ1n) is 5.27. The quantitative estimate of drug-likeness (QED) is 0.677. The maximum Gasteiger partial charge on any atom is 0.321 e. The van der Waals surface area contributed by atoms with Gasteiger partial charge in [-0.2, -0.15) is 0 Å². The predicted molar refractivity (Wildman–Crippen MR) is 61.5 cm³/mol. The van der Waals surface area contributed by atoms with Crippen LogP contribution in [0, 0.1) is 5.92 Å². The number of hydrogen-bond donors (Lipinski definition) is 3. The second kappa shape index (κ2) is 6.00. The zero-order chi connectivity index (χ0) is 12.8. The lowest BCUT2D eigenvalue weighted by atomic mass is 9.93. The van der Waals surface area contributed by atoms with E-state index < -0.39 is 23.9 Å². The van der Waals surface area contributed by atoms with Crippen LogP contribution in [0.5, 0.6) is 0 Å². The van der Waals surface area contributed by atoms with E-state index in [4.69, 9.17) is 15.9 Å². The molecule has 0 unspecified atom stereocenters. The van der Waals surface area contributed by atoms with E-state index in [9.17, 15) is 9.59 Å². The van der Waals surface area contributed by atoms with Crippen LogP contribution in [-0.4, -0.2) is 28.2 Å². The maximum absolute atomic E-state index is 10.9. The molecule has 0 aliphatic heterocycles. The molecular formula is C12H15NO4. The molecule has 5 nitrogen and oxygen atoms in total. The summed E-state index contributed by atoms with van der Waals surface area (Å²) in [5.74, 6) is -3.52. The SMILES string of the molecule is N[C@H](C(=O)O)[C@H](CCc1ccccc1)C(=O)O. The molecule has 0 heterocycles.